The summed E-state index contributed by atoms with van der Waals surface area (Å²) in [7, 11) is 5.75. The molecule has 242 valence electrons. The van der Waals surface area contributed by atoms with Gasteiger partial charge in [0.15, 0.2) is 23.0 Å². The van der Waals surface area contributed by atoms with Crippen LogP contribution in [0.3, 0.4) is 0 Å². The number of carbonyl (C=O) groups excluding carboxylic acids is 2. The molecule has 0 bridgehead atoms. The molecule has 0 unspecified atom stereocenters. The van der Waals surface area contributed by atoms with Gasteiger partial charge in [0, 0.05) is 38.3 Å². The lowest BCUT2D eigenvalue weighted by Crippen LogP contribution is -2.35. The van der Waals surface area contributed by atoms with Crippen LogP contribution in [0.25, 0.3) is 12.2 Å². The number of methoxy groups -OCH3 is 4. The van der Waals surface area contributed by atoms with Crippen molar-refractivity contribution in [3.05, 3.63) is 47.5 Å². The lowest BCUT2D eigenvalue weighted by atomic mass is 10.1. The fourth-order valence-corrected chi connectivity index (χ4v) is 4.40. The summed E-state index contributed by atoms with van der Waals surface area (Å²) in [5.74, 6) is 0.373. The van der Waals surface area contributed by atoms with E-state index < -0.39 is 0 Å². The van der Waals surface area contributed by atoms with Gasteiger partial charge in [0.2, 0.25) is 23.3 Å². The molecule has 0 heterocycles. The number of amides is 2. The highest BCUT2D eigenvalue weighted by atomic mass is 16.5. The van der Waals surface area contributed by atoms with E-state index in [9.17, 15) is 19.8 Å². The van der Waals surface area contributed by atoms with Crippen LogP contribution in [0, 0.1) is 0 Å². The Bertz CT molecular complexity index is 1130. The van der Waals surface area contributed by atoms with Gasteiger partial charge in [-0.05, 0) is 86.3 Å². The second kappa shape index (κ2) is 19.0. The van der Waals surface area contributed by atoms with E-state index in [2.05, 4.69) is 0 Å². The average Bonchev–Trinajstić information content (AvgIpc) is 3.04. The summed E-state index contributed by atoms with van der Waals surface area (Å²) < 4.78 is 20.8. The lowest BCUT2D eigenvalue weighted by molar-refractivity contribution is -0.127. The third-order valence-corrected chi connectivity index (χ3v) is 6.83. The molecule has 6 N–H and O–H groups in total. The zero-order valence-corrected chi connectivity index (χ0v) is 26.1. The molecule has 12 nitrogen and oxygen atoms in total. The van der Waals surface area contributed by atoms with Crippen LogP contribution in [0.4, 0.5) is 0 Å². The van der Waals surface area contributed by atoms with Crippen LogP contribution < -0.4 is 30.4 Å². The number of phenolic OH excluding ortho intramolecular Hbond substituents is 2. The fourth-order valence-electron chi connectivity index (χ4n) is 4.40. The summed E-state index contributed by atoms with van der Waals surface area (Å²) >= 11 is 0. The molecule has 2 amide bonds. The molecule has 0 saturated carbocycles. The second-order valence-electron chi connectivity index (χ2n) is 9.86. The highest BCUT2D eigenvalue weighted by molar-refractivity contribution is 5.92. The summed E-state index contributed by atoms with van der Waals surface area (Å²) in [5, 5.41) is 20.3. The van der Waals surface area contributed by atoms with Crippen LogP contribution in [0.5, 0.6) is 34.5 Å². The van der Waals surface area contributed by atoms with Crippen LogP contribution in [0.2, 0.25) is 0 Å². The number of nitrogens with two attached hydrogens (primary N) is 2. The molecule has 2 aromatic rings. The Hall–Kier alpha value is -4.42. The number of carbonyl (C=O) groups is 2. The number of hydrogen-bond acceptors (Lipinski definition) is 10. The van der Waals surface area contributed by atoms with Crippen molar-refractivity contribution < 1.29 is 38.7 Å². The Balaban J connectivity index is 2.05. The van der Waals surface area contributed by atoms with Crippen LogP contribution in [-0.2, 0) is 9.59 Å². The van der Waals surface area contributed by atoms with Crippen molar-refractivity contribution >= 4 is 24.0 Å². The maximum Gasteiger partial charge on any atom is 0.246 e. The number of unbranched alkanes of at least 4 members (excludes halogenated alkanes) is 1. The van der Waals surface area contributed by atoms with Crippen LogP contribution in [0.15, 0.2) is 36.4 Å². The second-order valence-corrected chi connectivity index (χ2v) is 9.86. The molecule has 0 aliphatic rings. The molecule has 0 fully saturated rings. The number of phenols is 2. The van der Waals surface area contributed by atoms with Crippen LogP contribution in [-0.4, -0.2) is 99.5 Å². The quantitative estimate of drug-likeness (QED) is 0.136. The molecule has 0 spiro atoms. The monoisotopic (exact) mass is 614 g/mol. The molecule has 44 heavy (non-hydrogen) atoms. The number of benzene rings is 2. The highest BCUT2D eigenvalue weighted by Crippen LogP contribution is 2.38. The summed E-state index contributed by atoms with van der Waals surface area (Å²) in [6.45, 7) is 2.89. The van der Waals surface area contributed by atoms with Crippen molar-refractivity contribution in [3.63, 3.8) is 0 Å². The lowest BCUT2D eigenvalue weighted by Gasteiger charge is -2.24. The summed E-state index contributed by atoms with van der Waals surface area (Å²) in [6, 6.07) is 6.45. The normalized spacial score (nSPS) is 11.1. The Morgan fingerprint density at radius 3 is 1.18 bits per heavy atom. The van der Waals surface area contributed by atoms with Crippen molar-refractivity contribution in [2.24, 2.45) is 11.5 Å². The molecule has 0 saturated heterocycles. The molecular formula is C32H46N4O8. The molecule has 0 aliphatic carbocycles. The van der Waals surface area contributed by atoms with Gasteiger partial charge in [0.1, 0.15) is 0 Å². The number of hydrogen-bond donors (Lipinski definition) is 4. The van der Waals surface area contributed by atoms with Crippen molar-refractivity contribution in [3.8, 4) is 34.5 Å². The van der Waals surface area contributed by atoms with E-state index in [0.29, 0.717) is 76.1 Å². The van der Waals surface area contributed by atoms with Gasteiger partial charge in [-0.1, -0.05) is 0 Å². The van der Waals surface area contributed by atoms with Gasteiger partial charge in [0.25, 0.3) is 0 Å². The summed E-state index contributed by atoms with van der Waals surface area (Å²) in [6.07, 6.45) is 8.87. The van der Waals surface area contributed by atoms with Crippen molar-refractivity contribution in [1.82, 2.24) is 9.80 Å². The number of ether oxygens (including phenoxy) is 4. The van der Waals surface area contributed by atoms with Gasteiger partial charge >= 0.3 is 0 Å². The van der Waals surface area contributed by atoms with Gasteiger partial charge in [-0.15, -0.1) is 0 Å². The molecule has 0 aliphatic heterocycles. The van der Waals surface area contributed by atoms with Crippen molar-refractivity contribution in [2.45, 2.75) is 25.7 Å². The van der Waals surface area contributed by atoms with Crippen molar-refractivity contribution in [1.29, 1.82) is 0 Å². The fraction of sp³-hybridized carbons (Fsp3) is 0.438. The largest absolute Gasteiger partial charge is 0.502 e. The van der Waals surface area contributed by atoms with E-state index in [-0.39, 0.29) is 46.3 Å². The summed E-state index contributed by atoms with van der Waals surface area (Å²) in [4.78, 5) is 29.6. The van der Waals surface area contributed by atoms with E-state index in [0.717, 1.165) is 0 Å². The van der Waals surface area contributed by atoms with E-state index in [4.69, 9.17) is 30.4 Å². The topological polar surface area (TPSA) is 170 Å². The van der Waals surface area contributed by atoms with E-state index in [1.165, 1.54) is 40.6 Å². The van der Waals surface area contributed by atoms with Gasteiger partial charge in [-0.3, -0.25) is 9.59 Å². The maximum atomic E-state index is 13.1. The molecule has 0 atom stereocenters. The zero-order valence-electron chi connectivity index (χ0n) is 26.1. The Morgan fingerprint density at radius 1 is 0.614 bits per heavy atom. The van der Waals surface area contributed by atoms with Crippen LogP contribution >= 0.6 is 0 Å². The first-order chi connectivity index (χ1) is 21.2. The van der Waals surface area contributed by atoms with Crippen LogP contribution in [0.1, 0.15) is 36.8 Å². The number of aromatic hydroxyl groups is 2. The van der Waals surface area contributed by atoms with Gasteiger partial charge in [0.05, 0.1) is 28.4 Å². The van der Waals surface area contributed by atoms with E-state index in [1.54, 1.807) is 46.2 Å². The predicted octanol–water partition coefficient (Wildman–Crippen LogP) is 2.99. The maximum absolute atomic E-state index is 13.1. The number of nitrogens with zero attached hydrogens (tertiary/aromatic N) is 2. The van der Waals surface area contributed by atoms with E-state index >= 15 is 0 Å². The Morgan fingerprint density at radius 2 is 0.909 bits per heavy atom. The third kappa shape index (κ3) is 10.7. The average molecular weight is 615 g/mol. The van der Waals surface area contributed by atoms with Gasteiger partial charge < -0.3 is 50.4 Å². The Labute approximate surface area is 259 Å². The molecule has 0 radical (unpaired) electrons. The minimum absolute atomic E-state index is 0.113. The number of rotatable bonds is 19. The first-order valence-electron chi connectivity index (χ1n) is 14.5. The first-order valence-corrected chi connectivity index (χ1v) is 14.5. The molecular weight excluding hydrogens is 568 g/mol. The minimum atomic E-state index is -0.178. The standard InChI is InChI=1S/C32H46N4O8/c1-41-25-19-23(20-26(42-2)31(25)39)9-11-29(37)35(17-7-13-33)15-5-6-16-36(18-8-14-34)30(38)12-10-24-21-27(43-3)32(40)28(22-24)44-4/h9-12,19-22,39-40H,5-8,13-18,33-34H2,1-4H3/b11-9+,12-10+. The first kappa shape index (κ1) is 35.8. The minimum Gasteiger partial charge on any atom is -0.502 e. The predicted molar refractivity (Wildman–Crippen MR) is 170 cm³/mol. The Kier molecular flexibility index (Phi) is 15.4. The third-order valence-electron chi connectivity index (χ3n) is 6.83. The highest BCUT2D eigenvalue weighted by Gasteiger charge is 2.15. The molecule has 2 rings (SSSR count). The molecule has 0 aromatic heterocycles. The van der Waals surface area contributed by atoms with Gasteiger partial charge in [-0.25, -0.2) is 0 Å². The molecule has 12 heteroatoms. The summed E-state index contributed by atoms with van der Waals surface area (Å²) in [5.41, 5.74) is 12.7. The smallest absolute Gasteiger partial charge is 0.246 e. The van der Waals surface area contributed by atoms with Gasteiger partial charge in [-0.2, -0.15) is 0 Å². The SMILES string of the molecule is COc1cc(/C=C/C(=O)N(CCCN)CCCCN(CCCN)C(=O)/C=C/c2cc(OC)c(O)c(OC)c2)cc(OC)c1O. The van der Waals surface area contributed by atoms with E-state index in [1.807, 2.05) is 0 Å². The van der Waals surface area contributed by atoms with Crippen molar-refractivity contribution in [2.75, 3.05) is 67.7 Å². The molecule has 2 aromatic carbocycles. The zero-order chi connectivity index (χ0) is 32.5.